The number of carboxylic acid groups (broad SMARTS) is 2. The van der Waals surface area contributed by atoms with Crippen LogP contribution in [-0.2, 0) is 25.7 Å². The fourth-order valence-corrected chi connectivity index (χ4v) is 4.56. The third kappa shape index (κ3) is 9.74. The van der Waals surface area contributed by atoms with E-state index in [-0.39, 0.29) is 12.0 Å². The molecule has 3 aliphatic heterocycles. The van der Waals surface area contributed by atoms with Crippen molar-refractivity contribution in [1.82, 2.24) is 14.8 Å². The number of halogens is 6. The quantitative estimate of drug-likeness (QED) is 0.544. The van der Waals surface area contributed by atoms with Gasteiger partial charge in [0.15, 0.2) is 0 Å². The first-order valence-electron chi connectivity index (χ1n) is 11.8. The Hall–Kier alpha value is -2.94. The van der Waals surface area contributed by atoms with Gasteiger partial charge >= 0.3 is 24.3 Å². The second-order valence-electron chi connectivity index (χ2n) is 8.99. The van der Waals surface area contributed by atoms with Crippen LogP contribution in [0.5, 0.6) is 0 Å². The SMILES string of the molecule is O=C(O)C(F)(F)F.O=C(O)C(F)(F)F.O=C([C@@H]1CCO[C@@H]2CCN(Cc3cccnc3)C[C@H]21)N1CCCC1. The number of likely N-dealkylation sites (tertiary alicyclic amines) is 2. The van der Waals surface area contributed by atoms with E-state index < -0.39 is 24.3 Å². The summed E-state index contributed by atoms with van der Waals surface area (Å²) in [6.07, 6.45) is -1.90. The minimum atomic E-state index is -5.08. The minimum Gasteiger partial charge on any atom is -0.475 e. The molecule has 4 rings (SSSR count). The van der Waals surface area contributed by atoms with Gasteiger partial charge in [0, 0.05) is 63.6 Å². The van der Waals surface area contributed by atoms with Crippen LogP contribution in [0.1, 0.15) is 31.2 Å². The predicted octanol–water partition coefficient (Wildman–Crippen LogP) is 3.20. The van der Waals surface area contributed by atoms with Crippen LogP contribution in [0.3, 0.4) is 0 Å². The molecule has 1 aromatic rings. The highest BCUT2D eigenvalue weighted by Crippen LogP contribution is 2.35. The summed E-state index contributed by atoms with van der Waals surface area (Å²) in [5, 5.41) is 14.2. The Morgan fingerprint density at radius 1 is 0.974 bits per heavy atom. The average Bonchev–Trinajstić information content (AvgIpc) is 3.39. The van der Waals surface area contributed by atoms with Crippen LogP contribution in [0.25, 0.3) is 0 Å². The van der Waals surface area contributed by atoms with Gasteiger partial charge in [0.25, 0.3) is 0 Å². The summed E-state index contributed by atoms with van der Waals surface area (Å²) in [6.45, 7) is 5.57. The minimum absolute atomic E-state index is 0.151. The largest absolute Gasteiger partial charge is 0.490 e. The number of amides is 1. The van der Waals surface area contributed by atoms with Crippen molar-refractivity contribution in [1.29, 1.82) is 0 Å². The van der Waals surface area contributed by atoms with Gasteiger partial charge in [0.1, 0.15) is 0 Å². The van der Waals surface area contributed by atoms with Crippen LogP contribution in [0.2, 0.25) is 0 Å². The molecular formula is C23H29F6N3O6. The molecule has 3 atom stereocenters. The molecule has 3 aliphatic rings. The first kappa shape index (κ1) is 31.3. The second-order valence-corrected chi connectivity index (χ2v) is 8.99. The molecule has 2 N–H and O–H groups in total. The topological polar surface area (TPSA) is 120 Å². The van der Waals surface area contributed by atoms with Gasteiger partial charge in [-0.05, 0) is 37.3 Å². The molecule has 0 bridgehead atoms. The molecule has 9 nitrogen and oxygen atoms in total. The van der Waals surface area contributed by atoms with Gasteiger partial charge in [-0.2, -0.15) is 26.3 Å². The van der Waals surface area contributed by atoms with Crippen molar-refractivity contribution in [2.75, 3.05) is 32.8 Å². The number of carbonyl (C=O) groups excluding carboxylic acids is 1. The highest BCUT2D eigenvalue weighted by atomic mass is 19.4. The zero-order chi connectivity index (χ0) is 28.5. The van der Waals surface area contributed by atoms with E-state index >= 15 is 0 Å². The summed E-state index contributed by atoms with van der Waals surface area (Å²) in [5.74, 6) is -4.63. The van der Waals surface area contributed by atoms with Crippen LogP contribution < -0.4 is 0 Å². The van der Waals surface area contributed by atoms with Crippen LogP contribution in [-0.4, -0.2) is 94.1 Å². The molecule has 214 valence electrons. The number of aliphatic carboxylic acids is 2. The molecule has 3 saturated heterocycles. The lowest BCUT2D eigenvalue weighted by Gasteiger charge is -2.45. The number of ether oxygens (including phenoxy) is 1. The smallest absolute Gasteiger partial charge is 0.475 e. The number of hydrogen-bond acceptors (Lipinski definition) is 6. The van der Waals surface area contributed by atoms with Gasteiger partial charge in [0.05, 0.1) is 6.10 Å². The molecule has 0 aliphatic carbocycles. The van der Waals surface area contributed by atoms with Gasteiger partial charge in [0.2, 0.25) is 5.91 Å². The molecule has 0 radical (unpaired) electrons. The highest BCUT2D eigenvalue weighted by molar-refractivity contribution is 5.79. The van der Waals surface area contributed by atoms with Crippen molar-refractivity contribution in [2.24, 2.45) is 11.8 Å². The number of nitrogens with zero attached hydrogens (tertiary/aromatic N) is 3. The van der Waals surface area contributed by atoms with E-state index in [1.54, 1.807) is 0 Å². The maximum atomic E-state index is 13.0. The average molecular weight is 557 g/mol. The first-order chi connectivity index (χ1) is 17.7. The highest BCUT2D eigenvalue weighted by Gasteiger charge is 2.43. The third-order valence-electron chi connectivity index (χ3n) is 6.30. The Morgan fingerprint density at radius 3 is 2.05 bits per heavy atom. The molecule has 1 amide bonds. The number of aromatic nitrogens is 1. The summed E-state index contributed by atoms with van der Waals surface area (Å²) in [7, 11) is 0. The normalized spacial score (nSPS) is 23.7. The molecule has 38 heavy (non-hydrogen) atoms. The first-order valence-corrected chi connectivity index (χ1v) is 11.8. The zero-order valence-electron chi connectivity index (χ0n) is 20.2. The zero-order valence-corrected chi connectivity index (χ0v) is 20.2. The molecule has 1 aromatic heterocycles. The van der Waals surface area contributed by atoms with Gasteiger partial charge in [-0.25, -0.2) is 9.59 Å². The van der Waals surface area contributed by atoms with Gasteiger partial charge in [-0.15, -0.1) is 0 Å². The molecule has 0 unspecified atom stereocenters. The van der Waals surface area contributed by atoms with Crippen LogP contribution in [0.4, 0.5) is 26.3 Å². The second kappa shape index (κ2) is 13.7. The Morgan fingerprint density at radius 2 is 1.55 bits per heavy atom. The Kier molecular flexibility index (Phi) is 11.3. The van der Waals surface area contributed by atoms with E-state index in [0.29, 0.717) is 11.8 Å². The van der Waals surface area contributed by atoms with Crippen LogP contribution in [0.15, 0.2) is 24.5 Å². The molecule has 0 aromatic carbocycles. The summed E-state index contributed by atoms with van der Waals surface area (Å²) in [6, 6.07) is 4.12. The molecule has 15 heteroatoms. The summed E-state index contributed by atoms with van der Waals surface area (Å²) in [4.78, 5) is 39.5. The Balaban J connectivity index is 0.000000301. The number of pyridine rings is 1. The monoisotopic (exact) mass is 557 g/mol. The number of piperidine rings is 1. The van der Waals surface area contributed by atoms with E-state index in [0.717, 1.165) is 65.0 Å². The molecule has 0 saturated carbocycles. The number of alkyl halides is 6. The number of fused-ring (bicyclic) bond motifs is 1. The lowest BCUT2D eigenvalue weighted by molar-refractivity contribution is -0.193. The van der Waals surface area contributed by atoms with Gasteiger partial charge < -0.3 is 19.8 Å². The molecular weight excluding hydrogens is 528 g/mol. The van der Waals surface area contributed by atoms with Crippen molar-refractivity contribution < 1.29 is 55.7 Å². The lowest BCUT2D eigenvalue weighted by Crippen LogP contribution is -2.53. The van der Waals surface area contributed by atoms with Crippen molar-refractivity contribution in [2.45, 2.75) is 50.7 Å². The number of carboxylic acids is 2. The molecule has 0 spiro atoms. The van der Waals surface area contributed by atoms with E-state index in [4.69, 9.17) is 24.5 Å². The van der Waals surface area contributed by atoms with Crippen molar-refractivity contribution in [3.05, 3.63) is 30.1 Å². The number of rotatable bonds is 3. The number of carbonyl (C=O) groups is 3. The predicted molar refractivity (Wildman–Crippen MR) is 119 cm³/mol. The maximum Gasteiger partial charge on any atom is 0.490 e. The van der Waals surface area contributed by atoms with Crippen molar-refractivity contribution in [3.63, 3.8) is 0 Å². The summed E-state index contributed by atoms with van der Waals surface area (Å²) >= 11 is 0. The Labute approximate surface area is 214 Å². The van der Waals surface area contributed by atoms with E-state index in [2.05, 4.69) is 20.9 Å². The van der Waals surface area contributed by atoms with Crippen molar-refractivity contribution >= 4 is 17.8 Å². The molecule has 3 fully saturated rings. The van der Waals surface area contributed by atoms with E-state index in [1.165, 1.54) is 5.56 Å². The Bertz CT molecular complexity index is 900. The number of hydrogen-bond donors (Lipinski definition) is 2. The van der Waals surface area contributed by atoms with E-state index in [9.17, 15) is 31.1 Å². The third-order valence-corrected chi connectivity index (χ3v) is 6.30. The van der Waals surface area contributed by atoms with Crippen LogP contribution >= 0.6 is 0 Å². The van der Waals surface area contributed by atoms with Crippen LogP contribution in [0, 0.1) is 11.8 Å². The summed E-state index contributed by atoms with van der Waals surface area (Å²) < 4.78 is 69.5. The fourth-order valence-electron chi connectivity index (χ4n) is 4.56. The molecule has 4 heterocycles. The van der Waals surface area contributed by atoms with E-state index in [1.807, 2.05) is 18.5 Å². The van der Waals surface area contributed by atoms with Crippen molar-refractivity contribution in [3.8, 4) is 0 Å². The lowest BCUT2D eigenvalue weighted by atomic mass is 9.78. The maximum absolute atomic E-state index is 13.0. The van der Waals surface area contributed by atoms with Gasteiger partial charge in [-0.1, -0.05) is 6.07 Å². The fraction of sp³-hybridized carbons (Fsp3) is 0.652. The standard InChI is InChI=1S/C19H27N3O2.2C2HF3O2/c23-19(22-8-1-2-9-22)16-6-11-24-18-5-10-21(14-17(16)18)13-15-4-3-7-20-12-15;2*3-2(4,5)1(6)7/h3-4,7,12,16-18H,1-2,5-6,8-11,13-14H2;2*(H,6,7)/t16-,17+,18-;;/m1../s1. The summed E-state index contributed by atoms with van der Waals surface area (Å²) in [5.41, 5.74) is 1.25. The van der Waals surface area contributed by atoms with Gasteiger partial charge in [-0.3, -0.25) is 14.7 Å².